The molecule has 2 unspecified atom stereocenters. The molecule has 122 valence electrons. The molecule has 1 heterocycles. The Hall–Kier alpha value is -0.650. The van der Waals surface area contributed by atoms with Crippen molar-refractivity contribution < 1.29 is 4.79 Å². The first-order valence-electron chi connectivity index (χ1n) is 8.34. The fraction of sp³-hybridized carbons (Fsp3) is 0.938. The minimum absolute atomic E-state index is 0.213. The maximum absolute atomic E-state index is 11.7. The Kier molecular flexibility index (Phi) is 5.63. The lowest BCUT2D eigenvalue weighted by molar-refractivity contribution is -0.124. The highest BCUT2D eigenvalue weighted by atomic mass is 16.1. The topological polar surface area (TPSA) is 61.6 Å². The molecule has 0 aromatic rings. The van der Waals surface area contributed by atoms with Gasteiger partial charge in [-0.05, 0) is 72.1 Å². The second-order valence-electron chi connectivity index (χ2n) is 7.40. The molecular formula is C16H32N4O. The normalized spacial score (nSPS) is 26.2. The Bertz CT molecular complexity index is 358. The summed E-state index contributed by atoms with van der Waals surface area (Å²) in [5, 5.41) is 3.42. The average Bonchev–Trinajstić information content (AvgIpc) is 3.10. The van der Waals surface area contributed by atoms with E-state index in [1.165, 1.54) is 32.4 Å². The maximum Gasteiger partial charge on any atom is 0.237 e. The first-order chi connectivity index (χ1) is 9.89. The van der Waals surface area contributed by atoms with Crippen LogP contribution < -0.4 is 11.1 Å². The van der Waals surface area contributed by atoms with E-state index in [0.29, 0.717) is 6.04 Å². The number of amides is 1. The van der Waals surface area contributed by atoms with E-state index in [-0.39, 0.29) is 5.91 Å². The van der Waals surface area contributed by atoms with Gasteiger partial charge in [0.05, 0.1) is 5.54 Å². The SMILES string of the molecule is CN(CCCC(C)(NC1CC1)C(N)=O)CC1CCN(C)C1. The lowest BCUT2D eigenvalue weighted by Gasteiger charge is -2.29. The summed E-state index contributed by atoms with van der Waals surface area (Å²) < 4.78 is 0. The molecule has 1 amide bonds. The largest absolute Gasteiger partial charge is 0.368 e. The molecule has 5 nitrogen and oxygen atoms in total. The van der Waals surface area contributed by atoms with Gasteiger partial charge in [0.2, 0.25) is 5.91 Å². The number of rotatable bonds is 9. The van der Waals surface area contributed by atoms with Crippen LogP contribution in [0.3, 0.4) is 0 Å². The summed E-state index contributed by atoms with van der Waals surface area (Å²) in [5.41, 5.74) is 5.06. The lowest BCUT2D eigenvalue weighted by atomic mass is 9.94. The number of likely N-dealkylation sites (tertiary alicyclic amines) is 1. The van der Waals surface area contributed by atoms with Gasteiger partial charge in [-0.3, -0.25) is 4.79 Å². The Morgan fingerprint density at radius 2 is 2.14 bits per heavy atom. The van der Waals surface area contributed by atoms with E-state index >= 15 is 0 Å². The molecule has 1 aliphatic carbocycles. The summed E-state index contributed by atoms with van der Waals surface area (Å²) in [7, 11) is 4.39. The molecule has 5 heteroatoms. The molecular weight excluding hydrogens is 264 g/mol. The lowest BCUT2D eigenvalue weighted by Crippen LogP contribution is -2.54. The Balaban J connectivity index is 1.67. The number of nitrogens with one attached hydrogen (secondary N) is 1. The van der Waals surface area contributed by atoms with Crippen molar-refractivity contribution in [3.8, 4) is 0 Å². The molecule has 3 N–H and O–H groups in total. The van der Waals surface area contributed by atoms with Crippen LogP contribution >= 0.6 is 0 Å². The van der Waals surface area contributed by atoms with Gasteiger partial charge in [-0.25, -0.2) is 0 Å². The van der Waals surface area contributed by atoms with Gasteiger partial charge in [0.15, 0.2) is 0 Å². The fourth-order valence-electron chi connectivity index (χ4n) is 3.35. The van der Waals surface area contributed by atoms with Crippen molar-refractivity contribution in [1.82, 2.24) is 15.1 Å². The molecule has 1 saturated carbocycles. The minimum Gasteiger partial charge on any atom is -0.368 e. The molecule has 0 aromatic carbocycles. The zero-order valence-electron chi connectivity index (χ0n) is 13.9. The van der Waals surface area contributed by atoms with Crippen molar-refractivity contribution in [2.45, 2.75) is 50.6 Å². The van der Waals surface area contributed by atoms with Crippen molar-refractivity contribution in [3.05, 3.63) is 0 Å². The van der Waals surface area contributed by atoms with Crippen molar-refractivity contribution in [3.63, 3.8) is 0 Å². The van der Waals surface area contributed by atoms with E-state index in [4.69, 9.17) is 5.73 Å². The van der Waals surface area contributed by atoms with Crippen LogP contribution in [0, 0.1) is 5.92 Å². The number of hydrogen-bond acceptors (Lipinski definition) is 4. The van der Waals surface area contributed by atoms with Crippen molar-refractivity contribution in [1.29, 1.82) is 0 Å². The van der Waals surface area contributed by atoms with Gasteiger partial charge in [0, 0.05) is 19.1 Å². The molecule has 1 saturated heterocycles. The van der Waals surface area contributed by atoms with Crippen LogP contribution in [0.2, 0.25) is 0 Å². The van der Waals surface area contributed by atoms with Gasteiger partial charge in [-0.1, -0.05) is 0 Å². The quantitative estimate of drug-likeness (QED) is 0.656. The van der Waals surface area contributed by atoms with E-state index in [2.05, 4.69) is 29.2 Å². The predicted octanol–water partition coefficient (Wildman–Crippen LogP) is 0.646. The average molecular weight is 296 g/mol. The van der Waals surface area contributed by atoms with Gasteiger partial charge in [0.25, 0.3) is 0 Å². The second-order valence-corrected chi connectivity index (χ2v) is 7.40. The van der Waals surface area contributed by atoms with Crippen molar-refractivity contribution in [2.24, 2.45) is 11.7 Å². The molecule has 1 aliphatic heterocycles. The highest BCUT2D eigenvalue weighted by Crippen LogP contribution is 2.25. The smallest absolute Gasteiger partial charge is 0.237 e. The number of primary amides is 1. The zero-order chi connectivity index (χ0) is 15.5. The van der Waals surface area contributed by atoms with Crippen LogP contribution in [0.25, 0.3) is 0 Å². The summed E-state index contributed by atoms with van der Waals surface area (Å²) in [6, 6.07) is 0.509. The number of carbonyl (C=O) groups excluding carboxylic acids is 1. The van der Waals surface area contributed by atoms with E-state index in [0.717, 1.165) is 31.8 Å². The van der Waals surface area contributed by atoms with E-state index < -0.39 is 5.54 Å². The molecule has 2 atom stereocenters. The molecule has 0 radical (unpaired) electrons. The van der Waals surface area contributed by atoms with Gasteiger partial charge in [-0.15, -0.1) is 0 Å². The third-order valence-corrected chi connectivity index (χ3v) is 4.92. The van der Waals surface area contributed by atoms with Crippen LogP contribution in [0.15, 0.2) is 0 Å². The molecule has 2 aliphatic rings. The number of carbonyl (C=O) groups is 1. The van der Waals surface area contributed by atoms with Gasteiger partial charge >= 0.3 is 0 Å². The summed E-state index contributed by atoms with van der Waals surface area (Å²) in [5.74, 6) is 0.585. The standard InChI is InChI=1S/C16H32N4O/c1-16(15(17)21,18-14-5-6-14)8-4-9-19(2)11-13-7-10-20(3)12-13/h13-14,18H,4-12H2,1-3H3,(H2,17,21). The first-order valence-corrected chi connectivity index (χ1v) is 8.34. The van der Waals surface area contributed by atoms with Crippen molar-refractivity contribution in [2.75, 3.05) is 40.3 Å². The van der Waals surface area contributed by atoms with Crippen LogP contribution in [0.4, 0.5) is 0 Å². The fourth-order valence-corrected chi connectivity index (χ4v) is 3.35. The molecule has 21 heavy (non-hydrogen) atoms. The molecule has 2 fully saturated rings. The Labute approximate surface area is 129 Å². The van der Waals surface area contributed by atoms with Crippen LogP contribution in [-0.2, 0) is 4.79 Å². The summed E-state index contributed by atoms with van der Waals surface area (Å²) >= 11 is 0. The van der Waals surface area contributed by atoms with Gasteiger partial charge in [-0.2, -0.15) is 0 Å². The highest BCUT2D eigenvalue weighted by molar-refractivity contribution is 5.84. The van der Waals surface area contributed by atoms with E-state index in [1.54, 1.807) is 0 Å². The summed E-state index contributed by atoms with van der Waals surface area (Å²) in [6.07, 6.45) is 5.50. The molecule has 0 bridgehead atoms. The molecule has 0 spiro atoms. The third-order valence-electron chi connectivity index (χ3n) is 4.92. The summed E-state index contributed by atoms with van der Waals surface area (Å²) in [6.45, 7) is 6.60. The van der Waals surface area contributed by atoms with Crippen LogP contribution in [0.5, 0.6) is 0 Å². The van der Waals surface area contributed by atoms with Gasteiger partial charge < -0.3 is 20.9 Å². The molecule has 0 aromatic heterocycles. The monoisotopic (exact) mass is 296 g/mol. The zero-order valence-corrected chi connectivity index (χ0v) is 13.9. The molecule has 2 rings (SSSR count). The predicted molar refractivity (Wildman–Crippen MR) is 86.1 cm³/mol. The van der Waals surface area contributed by atoms with Crippen LogP contribution in [-0.4, -0.2) is 67.6 Å². The Morgan fingerprint density at radius 3 is 2.67 bits per heavy atom. The van der Waals surface area contributed by atoms with Gasteiger partial charge in [0.1, 0.15) is 0 Å². The number of nitrogens with two attached hydrogens (primary N) is 1. The number of hydrogen-bond donors (Lipinski definition) is 2. The Morgan fingerprint density at radius 1 is 1.43 bits per heavy atom. The van der Waals surface area contributed by atoms with E-state index in [9.17, 15) is 4.79 Å². The number of nitrogens with zero attached hydrogens (tertiary/aromatic N) is 2. The first kappa shape index (κ1) is 16.7. The van der Waals surface area contributed by atoms with Crippen molar-refractivity contribution >= 4 is 5.91 Å². The van der Waals surface area contributed by atoms with Crippen LogP contribution in [0.1, 0.15) is 39.0 Å². The summed E-state index contributed by atoms with van der Waals surface area (Å²) in [4.78, 5) is 16.5. The maximum atomic E-state index is 11.7. The van der Waals surface area contributed by atoms with E-state index in [1.807, 2.05) is 6.92 Å². The highest BCUT2D eigenvalue weighted by Gasteiger charge is 2.36. The third kappa shape index (κ3) is 5.24. The minimum atomic E-state index is -0.532. The second kappa shape index (κ2) is 7.07.